The van der Waals surface area contributed by atoms with E-state index in [4.69, 9.17) is 23.7 Å². The van der Waals surface area contributed by atoms with Crippen LogP contribution in [0.25, 0.3) is 0 Å². The number of likely N-dealkylation sites (N-methyl/N-ethyl adjacent to an activating group) is 1. The highest BCUT2D eigenvalue weighted by atomic mass is 16.5. The van der Waals surface area contributed by atoms with E-state index in [1.807, 2.05) is 41.3 Å². The maximum Gasteiger partial charge on any atom is 0.254 e. The molecule has 2 heterocycles. The van der Waals surface area contributed by atoms with Crippen LogP contribution in [0.1, 0.15) is 33.4 Å². The summed E-state index contributed by atoms with van der Waals surface area (Å²) >= 11 is 0. The molecule has 3 aromatic rings. The minimum absolute atomic E-state index is 0.0673. The van der Waals surface area contributed by atoms with Crippen molar-refractivity contribution in [3.63, 3.8) is 0 Å². The van der Waals surface area contributed by atoms with Crippen molar-refractivity contribution >= 4 is 17.5 Å². The first kappa shape index (κ1) is 28.9. The Balaban J connectivity index is 1.55. The van der Waals surface area contributed by atoms with Crippen LogP contribution < -0.4 is 28.6 Å². The third-order valence-corrected chi connectivity index (χ3v) is 8.21. The highest BCUT2D eigenvalue weighted by Gasteiger charge is 2.45. The summed E-state index contributed by atoms with van der Waals surface area (Å²) in [4.78, 5) is 34.1. The molecule has 3 aromatic carbocycles. The summed E-state index contributed by atoms with van der Waals surface area (Å²) < 4.78 is 27.7. The van der Waals surface area contributed by atoms with Crippen molar-refractivity contribution in [1.29, 1.82) is 0 Å². The molecule has 0 radical (unpaired) electrons. The summed E-state index contributed by atoms with van der Waals surface area (Å²) in [5.41, 5.74) is 2.78. The van der Waals surface area contributed by atoms with Gasteiger partial charge in [-0.25, -0.2) is 0 Å². The smallest absolute Gasteiger partial charge is 0.254 e. The van der Waals surface area contributed by atoms with Gasteiger partial charge in [-0.15, -0.1) is 0 Å². The van der Waals surface area contributed by atoms with Crippen LogP contribution in [0.5, 0.6) is 28.7 Å². The molecule has 0 aromatic heterocycles. The lowest BCUT2D eigenvalue weighted by molar-refractivity contribution is -0.134. The van der Waals surface area contributed by atoms with Crippen molar-refractivity contribution in [3.8, 4) is 28.7 Å². The third kappa shape index (κ3) is 5.01. The molecule has 0 saturated carbocycles. The summed E-state index contributed by atoms with van der Waals surface area (Å²) in [5.74, 6) is 1.79. The van der Waals surface area contributed by atoms with Gasteiger partial charge in [-0.3, -0.25) is 9.59 Å². The highest BCUT2D eigenvalue weighted by molar-refractivity contribution is 6.02. The maximum absolute atomic E-state index is 14.6. The fraction of sp³-hybridized carbons (Fsp3) is 0.375. The first-order valence-corrected chi connectivity index (χ1v) is 13.8. The number of hydrogen-bond donors (Lipinski definition) is 0. The Labute approximate surface area is 246 Å². The zero-order chi connectivity index (χ0) is 30.0. The van der Waals surface area contributed by atoms with Crippen LogP contribution in [0.4, 0.5) is 5.69 Å². The molecule has 5 rings (SSSR count). The van der Waals surface area contributed by atoms with Gasteiger partial charge in [0, 0.05) is 38.8 Å². The predicted octanol–water partition coefficient (Wildman–Crippen LogP) is 3.99. The number of benzene rings is 3. The number of nitrogens with zero attached hydrogens (tertiary/aromatic N) is 3. The molecule has 1 fully saturated rings. The molecular formula is C32H37N3O7. The van der Waals surface area contributed by atoms with E-state index in [1.54, 1.807) is 58.6 Å². The molecule has 0 aliphatic carbocycles. The zero-order valence-electron chi connectivity index (χ0n) is 24.9. The Morgan fingerprint density at radius 1 is 0.714 bits per heavy atom. The molecule has 2 atom stereocenters. The van der Waals surface area contributed by atoms with Crippen LogP contribution >= 0.6 is 0 Å². The van der Waals surface area contributed by atoms with E-state index in [-0.39, 0.29) is 11.8 Å². The monoisotopic (exact) mass is 575 g/mol. The van der Waals surface area contributed by atoms with E-state index in [0.29, 0.717) is 60.3 Å². The van der Waals surface area contributed by atoms with Gasteiger partial charge in [0.25, 0.3) is 5.91 Å². The van der Waals surface area contributed by atoms with Crippen LogP contribution in [-0.4, -0.2) is 90.4 Å². The van der Waals surface area contributed by atoms with Crippen LogP contribution in [0.3, 0.4) is 0 Å². The molecule has 222 valence electrons. The zero-order valence-corrected chi connectivity index (χ0v) is 24.9. The van der Waals surface area contributed by atoms with Gasteiger partial charge < -0.3 is 38.4 Å². The molecule has 42 heavy (non-hydrogen) atoms. The molecule has 1 saturated heterocycles. The van der Waals surface area contributed by atoms with Gasteiger partial charge in [-0.2, -0.15) is 0 Å². The largest absolute Gasteiger partial charge is 0.495 e. The van der Waals surface area contributed by atoms with Gasteiger partial charge in [0.1, 0.15) is 5.75 Å². The van der Waals surface area contributed by atoms with Gasteiger partial charge in [0.05, 0.1) is 53.2 Å². The number of methoxy groups -OCH3 is 5. The molecular weight excluding hydrogens is 538 g/mol. The van der Waals surface area contributed by atoms with E-state index in [9.17, 15) is 9.59 Å². The van der Waals surface area contributed by atoms with Gasteiger partial charge in [-0.05, 0) is 47.5 Å². The Morgan fingerprint density at radius 2 is 1.31 bits per heavy atom. The van der Waals surface area contributed by atoms with E-state index in [2.05, 4.69) is 4.90 Å². The molecule has 0 N–H and O–H groups in total. The average molecular weight is 576 g/mol. The molecule has 2 aliphatic heterocycles. The van der Waals surface area contributed by atoms with Gasteiger partial charge in [-0.1, -0.05) is 18.2 Å². The van der Waals surface area contributed by atoms with Crippen LogP contribution in [0.2, 0.25) is 0 Å². The van der Waals surface area contributed by atoms with E-state index >= 15 is 0 Å². The first-order chi connectivity index (χ1) is 20.4. The Kier molecular flexibility index (Phi) is 8.33. The standard InChI is InChI=1S/C32H37N3O7/c1-33-30(20-11-12-25(39-3)26(17-20)40-4)29(21-18-27(41-5)28(42-6)19-22(21)31(33)36)32(37)35-15-13-34(14-16-35)23-9-7-8-10-24(23)38-2/h7-12,17-19,29-30H,13-16H2,1-6H3/t29-,30-/m0/s1. The Bertz CT molecular complexity index is 1470. The average Bonchev–Trinajstić information content (AvgIpc) is 3.05. The quantitative estimate of drug-likeness (QED) is 0.399. The SMILES string of the molecule is COc1ccc([C@H]2[C@@H](C(=O)N3CCN(c4ccccc4OC)CC3)c3cc(OC)c(OC)cc3C(=O)N2C)cc1OC. The molecule has 2 amide bonds. The van der Waals surface area contributed by atoms with Crippen LogP contribution in [0, 0.1) is 0 Å². The van der Waals surface area contributed by atoms with Crippen molar-refractivity contribution in [3.05, 3.63) is 71.3 Å². The number of anilines is 1. The summed E-state index contributed by atoms with van der Waals surface area (Å²) in [6.07, 6.45) is 0. The van der Waals surface area contributed by atoms with Gasteiger partial charge >= 0.3 is 0 Å². The Morgan fingerprint density at radius 3 is 1.95 bits per heavy atom. The summed E-state index contributed by atoms with van der Waals surface area (Å²) in [6.45, 7) is 2.33. The number of piperazine rings is 1. The topological polar surface area (TPSA) is 90.0 Å². The van der Waals surface area contributed by atoms with Gasteiger partial charge in [0.2, 0.25) is 5.91 Å². The minimum atomic E-state index is -0.696. The van der Waals surface area contributed by atoms with E-state index in [1.165, 1.54) is 7.11 Å². The fourth-order valence-electron chi connectivity index (χ4n) is 6.02. The number of ether oxygens (including phenoxy) is 5. The number of rotatable bonds is 8. The van der Waals surface area contributed by atoms with Crippen LogP contribution in [0.15, 0.2) is 54.6 Å². The number of para-hydroxylation sites is 2. The first-order valence-electron chi connectivity index (χ1n) is 13.8. The predicted molar refractivity (Wildman–Crippen MR) is 158 cm³/mol. The number of carbonyl (C=O) groups is 2. The molecule has 0 bridgehead atoms. The summed E-state index contributed by atoms with van der Waals surface area (Å²) in [5, 5.41) is 0. The third-order valence-electron chi connectivity index (χ3n) is 8.21. The second-order valence-corrected chi connectivity index (χ2v) is 10.2. The number of amides is 2. The van der Waals surface area contributed by atoms with Crippen molar-refractivity contribution < 1.29 is 33.3 Å². The van der Waals surface area contributed by atoms with Crippen molar-refractivity contribution in [2.24, 2.45) is 0 Å². The second kappa shape index (κ2) is 12.1. The van der Waals surface area contributed by atoms with Crippen molar-refractivity contribution in [2.45, 2.75) is 12.0 Å². The molecule has 0 unspecified atom stereocenters. The number of hydrogen-bond acceptors (Lipinski definition) is 8. The number of carbonyl (C=O) groups excluding carboxylic acids is 2. The molecule has 0 spiro atoms. The lowest BCUT2D eigenvalue weighted by Crippen LogP contribution is -2.53. The normalized spacial score (nSPS) is 18.3. The second-order valence-electron chi connectivity index (χ2n) is 10.2. The maximum atomic E-state index is 14.6. The molecule has 10 heteroatoms. The van der Waals surface area contributed by atoms with E-state index in [0.717, 1.165) is 17.0 Å². The lowest BCUT2D eigenvalue weighted by atomic mass is 9.78. The van der Waals surface area contributed by atoms with E-state index < -0.39 is 12.0 Å². The summed E-state index contributed by atoms with van der Waals surface area (Å²) in [7, 11) is 9.59. The number of fused-ring (bicyclic) bond motifs is 1. The molecule has 10 nitrogen and oxygen atoms in total. The van der Waals surface area contributed by atoms with Crippen LogP contribution in [-0.2, 0) is 4.79 Å². The Hall–Kier alpha value is -4.60. The lowest BCUT2D eigenvalue weighted by Gasteiger charge is -2.44. The minimum Gasteiger partial charge on any atom is -0.495 e. The van der Waals surface area contributed by atoms with Crippen molar-refractivity contribution in [2.75, 3.05) is 73.7 Å². The van der Waals surface area contributed by atoms with Crippen molar-refractivity contribution in [1.82, 2.24) is 9.80 Å². The van der Waals surface area contributed by atoms with Gasteiger partial charge in [0.15, 0.2) is 23.0 Å². The molecule has 2 aliphatic rings. The fourth-order valence-corrected chi connectivity index (χ4v) is 6.02. The highest BCUT2D eigenvalue weighted by Crippen LogP contribution is 2.47. The summed E-state index contributed by atoms with van der Waals surface area (Å²) in [6, 6.07) is 16.2.